The highest BCUT2D eigenvalue weighted by molar-refractivity contribution is 6.34. The molecule has 8 heteroatoms. The minimum Gasteiger partial charge on any atom is -0.497 e. The maximum Gasteiger partial charge on any atom is 0.338 e. The Morgan fingerprint density at radius 1 is 1.21 bits per heavy atom. The smallest absolute Gasteiger partial charge is 0.338 e. The summed E-state index contributed by atoms with van der Waals surface area (Å²) >= 11 is 6.46. The number of halogens is 1. The standard InChI is InChI=1S/C21H28ClN3O4/c1-5-7-11-24(12-8-6-2)20(26)19-18(22)14(3)25(23-19)17-10-9-15(29-4)13-16(17)21(27)28/h9-10,13H,5-8,11-12H2,1-4H3,(H,27,28). The normalized spacial score (nSPS) is 10.8. The van der Waals surface area contributed by atoms with Crippen molar-refractivity contribution in [3.63, 3.8) is 0 Å². The van der Waals surface area contributed by atoms with E-state index in [2.05, 4.69) is 18.9 Å². The number of hydrogen-bond acceptors (Lipinski definition) is 4. The molecule has 0 spiro atoms. The number of rotatable bonds is 10. The number of ether oxygens (including phenoxy) is 1. The van der Waals surface area contributed by atoms with E-state index >= 15 is 0 Å². The fraction of sp³-hybridized carbons (Fsp3) is 0.476. The van der Waals surface area contributed by atoms with Crippen LogP contribution in [0.1, 0.15) is 66.1 Å². The molecule has 0 unspecified atom stereocenters. The van der Waals surface area contributed by atoms with Crippen LogP contribution in [0.25, 0.3) is 5.69 Å². The summed E-state index contributed by atoms with van der Waals surface area (Å²) in [5.41, 5.74) is 0.988. The zero-order chi connectivity index (χ0) is 21.6. The molecule has 7 nitrogen and oxygen atoms in total. The Bertz CT molecular complexity index is 871. The molecular formula is C21H28ClN3O4. The lowest BCUT2D eigenvalue weighted by Crippen LogP contribution is -2.33. The molecule has 1 aromatic heterocycles. The quantitative estimate of drug-likeness (QED) is 0.606. The van der Waals surface area contributed by atoms with E-state index in [0.717, 1.165) is 25.7 Å². The van der Waals surface area contributed by atoms with Crippen LogP contribution in [0.3, 0.4) is 0 Å². The van der Waals surface area contributed by atoms with Crippen LogP contribution >= 0.6 is 11.6 Å². The Morgan fingerprint density at radius 2 is 1.83 bits per heavy atom. The Labute approximate surface area is 176 Å². The summed E-state index contributed by atoms with van der Waals surface area (Å²) in [6, 6.07) is 4.66. The SMILES string of the molecule is CCCCN(CCCC)C(=O)c1nn(-c2ccc(OC)cc2C(=O)O)c(C)c1Cl. The number of carbonyl (C=O) groups is 2. The monoisotopic (exact) mass is 421 g/mol. The van der Waals surface area contributed by atoms with Crippen molar-refractivity contribution in [1.82, 2.24) is 14.7 Å². The van der Waals surface area contributed by atoms with Gasteiger partial charge in [-0.05, 0) is 38.0 Å². The molecule has 0 atom stereocenters. The molecule has 0 bridgehead atoms. The van der Waals surface area contributed by atoms with Crippen molar-refractivity contribution >= 4 is 23.5 Å². The number of methoxy groups -OCH3 is 1. The van der Waals surface area contributed by atoms with Crippen molar-refractivity contribution in [1.29, 1.82) is 0 Å². The van der Waals surface area contributed by atoms with E-state index in [1.807, 2.05) is 0 Å². The first-order valence-electron chi connectivity index (χ1n) is 9.81. The zero-order valence-electron chi connectivity index (χ0n) is 17.4. The van der Waals surface area contributed by atoms with Gasteiger partial charge in [-0.1, -0.05) is 38.3 Å². The van der Waals surface area contributed by atoms with Crippen molar-refractivity contribution in [2.75, 3.05) is 20.2 Å². The Hall–Kier alpha value is -2.54. The Kier molecular flexibility index (Phi) is 8.08. The van der Waals surface area contributed by atoms with Gasteiger partial charge < -0.3 is 14.7 Å². The summed E-state index contributed by atoms with van der Waals surface area (Å²) in [6.07, 6.45) is 3.75. The molecule has 1 amide bonds. The number of nitrogens with zero attached hydrogens (tertiary/aromatic N) is 3. The van der Waals surface area contributed by atoms with Gasteiger partial charge in [-0.2, -0.15) is 5.10 Å². The summed E-state index contributed by atoms with van der Waals surface area (Å²) in [5.74, 6) is -0.932. The molecular weight excluding hydrogens is 394 g/mol. The van der Waals surface area contributed by atoms with Gasteiger partial charge in [0, 0.05) is 13.1 Å². The van der Waals surface area contributed by atoms with Gasteiger partial charge in [0.15, 0.2) is 5.69 Å². The van der Waals surface area contributed by atoms with Crippen LogP contribution in [0.15, 0.2) is 18.2 Å². The molecule has 0 saturated carbocycles. The Balaban J connectivity index is 2.48. The van der Waals surface area contributed by atoms with E-state index in [1.165, 1.54) is 17.9 Å². The molecule has 2 aromatic rings. The summed E-state index contributed by atoms with van der Waals surface area (Å²) in [6.45, 7) is 7.14. The second kappa shape index (κ2) is 10.3. The average Bonchev–Trinajstić information content (AvgIpc) is 3.01. The van der Waals surface area contributed by atoms with Crippen LogP contribution in [0.4, 0.5) is 0 Å². The first-order valence-corrected chi connectivity index (χ1v) is 10.2. The summed E-state index contributed by atoms with van der Waals surface area (Å²) in [7, 11) is 1.47. The van der Waals surface area contributed by atoms with Crippen LogP contribution < -0.4 is 4.74 Å². The van der Waals surface area contributed by atoms with Gasteiger partial charge in [0.05, 0.1) is 29.1 Å². The number of aromatic nitrogens is 2. The van der Waals surface area contributed by atoms with Gasteiger partial charge in [-0.3, -0.25) is 4.79 Å². The van der Waals surface area contributed by atoms with Gasteiger partial charge in [0.1, 0.15) is 5.75 Å². The van der Waals surface area contributed by atoms with E-state index in [4.69, 9.17) is 16.3 Å². The number of amides is 1. The van der Waals surface area contributed by atoms with Crippen molar-refractivity contribution in [2.45, 2.75) is 46.5 Å². The molecule has 0 aliphatic rings. The molecule has 1 heterocycles. The second-order valence-electron chi connectivity index (χ2n) is 6.85. The highest BCUT2D eigenvalue weighted by atomic mass is 35.5. The molecule has 0 saturated heterocycles. The predicted octanol–water partition coefficient (Wildman–Crippen LogP) is 4.58. The minimum absolute atomic E-state index is 0.0134. The first-order chi connectivity index (χ1) is 13.8. The van der Waals surface area contributed by atoms with Crippen molar-refractivity contribution in [2.24, 2.45) is 0 Å². The number of carboxylic acids is 1. The highest BCUT2D eigenvalue weighted by Crippen LogP contribution is 2.28. The maximum absolute atomic E-state index is 13.1. The molecule has 2 rings (SSSR count). The van der Waals surface area contributed by atoms with E-state index in [0.29, 0.717) is 30.2 Å². The fourth-order valence-electron chi connectivity index (χ4n) is 3.02. The number of aromatic carboxylic acids is 1. The second-order valence-corrected chi connectivity index (χ2v) is 7.23. The van der Waals surface area contributed by atoms with E-state index in [1.54, 1.807) is 24.0 Å². The number of hydrogen-bond donors (Lipinski definition) is 1. The summed E-state index contributed by atoms with van der Waals surface area (Å²) < 4.78 is 6.53. The zero-order valence-corrected chi connectivity index (χ0v) is 18.1. The summed E-state index contributed by atoms with van der Waals surface area (Å²) in [5, 5.41) is 14.2. The molecule has 0 aliphatic heterocycles. The lowest BCUT2D eigenvalue weighted by molar-refractivity contribution is 0.0695. The van der Waals surface area contributed by atoms with E-state index < -0.39 is 5.97 Å². The average molecular weight is 422 g/mol. The minimum atomic E-state index is -1.12. The first kappa shape index (κ1) is 22.7. The predicted molar refractivity (Wildman–Crippen MR) is 113 cm³/mol. The van der Waals surface area contributed by atoms with Gasteiger partial charge in [0.25, 0.3) is 5.91 Å². The largest absolute Gasteiger partial charge is 0.497 e. The molecule has 0 aliphatic carbocycles. The van der Waals surface area contributed by atoms with E-state index in [-0.39, 0.29) is 22.2 Å². The lowest BCUT2D eigenvalue weighted by atomic mass is 10.1. The van der Waals surface area contributed by atoms with Gasteiger partial charge in [-0.25, -0.2) is 9.48 Å². The number of benzene rings is 1. The molecule has 1 N–H and O–H groups in total. The maximum atomic E-state index is 13.1. The lowest BCUT2D eigenvalue weighted by Gasteiger charge is -2.21. The third kappa shape index (κ3) is 5.09. The third-order valence-corrected chi connectivity index (χ3v) is 5.21. The Morgan fingerprint density at radius 3 is 2.34 bits per heavy atom. The van der Waals surface area contributed by atoms with Crippen LogP contribution in [-0.4, -0.2) is 51.9 Å². The third-order valence-electron chi connectivity index (χ3n) is 4.76. The molecule has 0 fully saturated rings. The molecule has 0 radical (unpaired) electrons. The van der Waals surface area contributed by atoms with Gasteiger partial charge in [-0.15, -0.1) is 0 Å². The van der Waals surface area contributed by atoms with Crippen molar-refractivity contribution in [3.8, 4) is 11.4 Å². The van der Waals surface area contributed by atoms with Crippen LogP contribution in [0, 0.1) is 6.92 Å². The van der Waals surface area contributed by atoms with Crippen LogP contribution in [-0.2, 0) is 0 Å². The molecule has 158 valence electrons. The van der Waals surface area contributed by atoms with Crippen molar-refractivity contribution in [3.05, 3.63) is 40.2 Å². The van der Waals surface area contributed by atoms with Crippen LogP contribution in [0.2, 0.25) is 5.02 Å². The van der Waals surface area contributed by atoms with Gasteiger partial charge in [0.2, 0.25) is 0 Å². The number of carbonyl (C=O) groups excluding carboxylic acids is 1. The fourth-order valence-corrected chi connectivity index (χ4v) is 3.21. The molecule has 29 heavy (non-hydrogen) atoms. The van der Waals surface area contributed by atoms with Crippen molar-refractivity contribution < 1.29 is 19.4 Å². The highest BCUT2D eigenvalue weighted by Gasteiger charge is 2.26. The van der Waals surface area contributed by atoms with Crippen LogP contribution in [0.5, 0.6) is 5.75 Å². The summed E-state index contributed by atoms with van der Waals surface area (Å²) in [4.78, 5) is 26.6. The van der Waals surface area contributed by atoms with E-state index in [9.17, 15) is 14.7 Å². The molecule has 1 aromatic carbocycles. The number of unbranched alkanes of at least 4 members (excludes halogenated alkanes) is 2. The van der Waals surface area contributed by atoms with Gasteiger partial charge >= 0.3 is 5.97 Å². The number of carboxylic acid groups (broad SMARTS) is 1. The topological polar surface area (TPSA) is 84.7 Å².